The highest BCUT2D eigenvalue weighted by molar-refractivity contribution is 5.99. The van der Waals surface area contributed by atoms with Crippen molar-refractivity contribution in [2.45, 2.75) is 19.0 Å². The first-order valence-corrected chi connectivity index (χ1v) is 8.67. The van der Waals surface area contributed by atoms with Crippen LogP contribution in [0.4, 0.5) is 5.69 Å². The zero-order chi connectivity index (χ0) is 18.1. The Morgan fingerprint density at radius 2 is 1.88 bits per heavy atom. The Kier molecular flexibility index (Phi) is 4.26. The lowest BCUT2D eigenvalue weighted by Crippen LogP contribution is -2.39. The fourth-order valence-corrected chi connectivity index (χ4v) is 3.49. The van der Waals surface area contributed by atoms with Gasteiger partial charge in [0, 0.05) is 31.0 Å². The minimum Gasteiger partial charge on any atom is -0.311 e. The van der Waals surface area contributed by atoms with Gasteiger partial charge < -0.3 is 4.90 Å². The first-order valence-electron chi connectivity index (χ1n) is 8.67. The summed E-state index contributed by atoms with van der Waals surface area (Å²) in [6.45, 7) is 1.16. The molecule has 3 aromatic rings. The van der Waals surface area contributed by atoms with Crippen molar-refractivity contribution in [1.82, 2.24) is 14.3 Å². The topological polar surface area (TPSA) is 57.9 Å². The number of rotatable bonds is 4. The SMILES string of the molecule is CN(Cc1cc(=O)n2ccccc2n1)C1CCN(c2ccccc2)C1=O. The quantitative estimate of drug-likeness (QED) is 0.723. The molecular formula is C20H20N4O2. The number of likely N-dealkylation sites (N-methyl/N-ethyl adjacent to an activating group) is 1. The molecule has 0 radical (unpaired) electrons. The van der Waals surface area contributed by atoms with Gasteiger partial charge in [0.2, 0.25) is 5.91 Å². The number of amides is 1. The van der Waals surface area contributed by atoms with Crippen molar-refractivity contribution >= 4 is 17.2 Å². The van der Waals surface area contributed by atoms with E-state index in [1.54, 1.807) is 12.3 Å². The Labute approximate surface area is 151 Å². The van der Waals surface area contributed by atoms with Crippen LogP contribution in [0, 0.1) is 0 Å². The summed E-state index contributed by atoms with van der Waals surface area (Å²) in [6.07, 6.45) is 2.47. The normalized spacial score (nSPS) is 17.4. The molecule has 1 unspecified atom stereocenters. The van der Waals surface area contributed by atoms with Gasteiger partial charge in [-0.05, 0) is 37.7 Å². The summed E-state index contributed by atoms with van der Waals surface area (Å²) in [5.74, 6) is 0.0937. The van der Waals surface area contributed by atoms with Gasteiger partial charge in [0.25, 0.3) is 5.56 Å². The number of pyridine rings is 1. The maximum absolute atomic E-state index is 12.8. The van der Waals surface area contributed by atoms with E-state index in [-0.39, 0.29) is 17.5 Å². The van der Waals surface area contributed by atoms with Crippen LogP contribution < -0.4 is 10.5 Å². The number of hydrogen-bond donors (Lipinski definition) is 0. The molecule has 2 aromatic heterocycles. The molecule has 3 heterocycles. The zero-order valence-electron chi connectivity index (χ0n) is 14.6. The molecule has 0 aliphatic carbocycles. The molecule has 1 amide bonds. The second kappa shape index (κ2) is 6.72. The average Bonchev–Trinajstić information content (AvgIpc) is 3.04. The Balaban J connectivity index is 1.53. The average molecular weight is 348 g/mol. The standard InChI is InChI=1S/C20H20N4O2/c1-22(14-15-13-19(25)24-11-6-5-9-18(24)21-15)17-10-12-23(20(17)26)16-7-3-2-4-8-16/h2-9,11,13,17H,10,12,14H2,1H3. The Morgan fingerprint density at radius 1 is 1.12 bits per heavy atom. The Morgan fingerprint density at radius 3 is 2.69 bits per heavy atom. The number of aromatic nitrogens is 2. The van der Waals surface area contributed by atoms with Crippen molar-refractivity contribution in [2.75, 3.05) is 18.5 Å². The Bertz CT molecular complexity index is 999. The van der Waals surface area contributed by atoms with E-state index in [0.717, 1.165) is 12.1 Å². The molecule has 0 saturated carbocycles. The largest absolute Gasteiger partial charge is 0.311 e. The number of fused-ring (bicyclic) bond motifs is 1. The molecule has 1 fully saturated rings. The first-order chi connectivity index (χ1) is 12.6. The van der Waals surface area contributed by atoms with Crippen LogP contribution in [0.15, 0.2) is 65.6 Å². The van der Waals surface area contributed by atoms with Crippen LogP contribution >= 0.6 is 0 Å². The third-order valence-corrected chi connectivity index (χ3v) is 4.81. The predicted octanol–water partition coefficient (Wildman–Crippen LogP) is 1.93. The Hall–Kier alpha value is -2.99. The van der Waals surface area contributed by atoms with Crippen molar-refractivity contribution in [2.24, 2.45) is 0 Å². The summed E-state index contributed by atoms with van der Waals surface area (Å²) in [5.41, 5.74) is 2.11. The highest BCUT2D eigenvalue weighted by Crippen LogP contribution is 2.24. The van der Waals surface area contributed by atoms with E-state index in [1.165, 1.54) is 10.5 Å². The molecule has 1 aliphatic heterocycles. The van der Waals surface area contributed by atoms with Crippen LogP contribution in [0.1, 0.15) is 12.1 Å². The van der Waals surface area contributed by atoms with E-state index in [9.17, 15) is 9.59 Å². The van der Waals surface area contributed by atoms with Crippen molar-refractivity contribution in [1.29, 1.82) is 0 Å². The molecule has 1 aromatic carbocycles. The lowest BCUT2D eigenvalue weighted by atomic mass is 10.2. The molecule has 1 aliphatic rings. The second-order valence-corrected chi connectivity index (χ2v) is 6.56. The maximum atomic E-state index is 12.8. The van der Waals surface area contributed by atoms with Gasteiger partial charge in [-0.25, -0.2) is 4.98 Å². The molecule has 1 saturated heterocycles. The second-order valence-electron chi connectivity index (χ2n) is 6.56. The smallest absolute Gasteiger partial charge is 0.258 e. The lowest BCUT2D eigenvalue weighted by Gasteiger charge is -2.23. The summed E-state index contributed by atoms with van der Waals surface area (Å²) < 4.78 is 1.52. The third-order valence-electron chi connectivity index (χ3n) is 4.81. The third kappa shape index (κ3) is 2.99. The van der Waals surface area contributed by atoms with Crippen LogP contribution in [0.5, 0.6) is 0 Å². The maximum Gasteiger partial charge on any atom is 0.258 e. The minimum atomic E-state index is -0.203. The molecule has 6 nitrogen and oxygen atoms in total. The van der Waals surface area contributed by atoms with E-state index in [4.69, 9.17) is 0 Å². The molecule has 6 heteroatoms. The summed E-state index contributed by atoms with van der Waals surface area (Å²) in [6, 6.07) is 16.5. The molecule has 1 atom stereocenters. The van der Waals surface area contributed by atoms with Gasteiger partial charge in [0.15, 0.2) is 0 Å². The van der Waals surface area contributed by atoms with Gasteiger partial charge in [-0.3, -0.25) is 18.9 Å². The summed E-state index contributed by atoms with van der Waals surface area (Å²) >= 11 is 0. The highest BCUT2D eigenvalue weighted by atomic mass is 16.2. The van der Waals surface area contributed by atoms with Crippen molar-refractivity contribution in [3.8, 4) is 0 Å². The van der Waals surface area contributed by atoms with Gasteiger partial charge in [-0.2, -0.15) is 0 Å². The van der Waals surface area contributed by atoms with Gasteiger partial charge in [0.1, 0.15) is 5.65 Å². The van der Waals surface area contributed by atoms with Crippen molar-refractivity contribution < 1.29 is 4.79 Å². The van der Waals surface area contributed by atoms with E-state index >= 15 is 0 Å². The molecule has 26 heavy (non-hydrogen) atoms. The number of nitrogens with zero attached hydrogens (tertiary/aromatic N) is 4. The van der Waals surface area contributed by atoms with Crippen LogP contribution in [-0.2, 0) is 11.3 Å². The lowest BCUT2D eigenvalue weighted by molar-refractivity contribution is -0.121. The fourth-order valence-electron chi connectivity index (χ4n) is 3.49. The predicted molar refractivity (Wildman–Crippen MR) is 100 cm³/mol. The number of benzene rings is 1. The summed E-state index contributed by atoms with van der Waals surface area (Å²) in [5, 5.41) is 0. The number of anilines is 1. The first kappa shape index (κ1) is 16.5. The van der Waals surface area contributed by atoms with Gasteiger partial charge in [0.05, 0.1) is 11.7 Å². The molecule has 132 valence electrons. The number of carbonyl (C=O) groups excluding carboxylic acids is 1. The van der Waals surface area contributed by atoms with E-state index in [0.29, 0.717) is 24.4 Å². The molecule has 0 bridgehead atoms. The summed E-state index contributed by atoms with van der Waals surface area (Å²) in [4.78, 5) is 33.4. The van der Waals surface area contributed by atoms with Gasteiger partial charge >= 0.3 is 0 Å². The molecule has 0 spiro atoms. The van der Waals surface area contributed by atoms with Crippen LogP contribution in [0.2, 0.25) is 0 Å². The molecule has 0 N–H and O–H groups in total. The van der Waals surface area contributed by atoms with Crippen LogP contribution in [-0.4, -0.2) is 39.8 Å². The van der Waals surface area contributed by atoms with Gasteiger partial charge in [-0.15, -0.1) is 0 Å². The fraction of sp³-hybridized carbons (Fsp3) is 0.250. The highest BCUT2D eigenvalue weighted by Gasteiger charge is 2.35. The van der Waals surface area contributed by atoms with Crippen LogP contribution in [0.25, 0.3) is 5.65 Å². The van der Waals surface area contributed by atoms with Crippen molar-refractivity contribution in [3.63, 3.8) is 0 Å². The van der Waals surface area contributed by atoms with E-state index in [2.05, 4.69) is 4.98 Å². The number of hydrogen-bond acceptors (Lipinski definition) is 4. The molecule has 4 rings (SSSR count). The number of carbonyl (C=O) groups is 1. The minimum absolute atomic E-state index is 0.0937. The number of para-hydroxylation sites is 1. The van der Waals surface area contributed by atoms with Crippen molar-refractivity contribution in [3.05, 3.63) is 76.8 Å². The van der Waals surface area contributed by atoms with Crippen LogP contribution in [0.3, 0.4) is 0 Å². The molecular weight excluding hydrogens is 328 g/mol. The zero-order valence-corrected chi connectivity index (χ0v) is 14.6. The van der Waals surface area contributed by atoms with E-state index in [1.807, 2.05) is 59.3 Å². The monoisotopic (exact) mass is 348 g/mol. The summed E-state index contributed by atoms with van der Waals surface area (Å²) in [7, 11) is 1.91. The van der Waals surface area contributed by atoms with E-state index < -0.39 is 0 Å². The van der Waals surface area contributed by atoms with Gasteiger partial charge in [-0.1, -0.05) is 24.3 Å².